The van der Waals surface area contributed by atoms with Crippen LogP contribution in [0.25, 0.3) is 0 Å². The van der Waals surface area contributed by atoms with E-state index in [-0.39, 0.29) is 11.3 Å². The molecule has 0 bridgehead atoms. The van der Waals surface area contributed by atoms with Crippen molar-refractivity contribution >= 4 is 17.7 Å². The number of hydrogen-bond donors (Lipinski definition) is 2. The molecule has 2 rings (SSSR count). The van der Waals surface area contributed by atoms with E-state index >= 15 is 0 Å². The number of hydrogen-bond acceptors (Lipinski definition) is 3. The lowest BCUT2D eigenvalue weighted by molar-refractivity contribution is -0.118. The Labute approximate surface area is 173 Å². The third-order valence-corrected chi connectivity index (χ3v) is 4.31. The molecule has 0 unspecified atom stereocenters. The minimum absolute atomic E-state index is 0.0383. The van der Waals surface area contributed by atoms with Gasteiger partial charge in [0.25, 0.3) is 0 Å². The van der Waals surface area contributed by atoms with Gasteiger partial charge in [-0.1, -0.05) is 63.2 Å². The Balaban J connectivity index is 2.13. The molecular weight excluding hydrogens is 364 g/mol. The Morgan fingerprint density at radius 2 is 1.48 bits per heavy atom. The maximum atomic E-state index is 12.9. The van der Waals surface area contributed by atoms with Crippen molar-refractivity contribution in [3.05, 3.63) is 65.7 Å². The maximum Gasteiger partial charge on any atom is 0.408 e. The minimum Gasteiger partial charge on any atom is -0.444 e. The molecule has 2 N–H and O–H groups in total. The first-order chi connectivity index (χ1) is 13.4. The summed E-state index contributed by atoms with van der Waals surface area (Å²) in [7, 11) is 0. The van der Waals surface area contributed by atoms with Gasteiger partial charge in [0.1, 0.15) is 11.6 Å². The summed E-state index contributed by atoms with van der Waals surface area (Å²) in [6.45, 7) is 11.8. The highest BCUT2D eigenvalue weighted by Gasteiger charge is 2.25. The van der Waals surface area contributed by atoms with E-state index in [2.05, 4.69) is 31.4 Å². The summed E-state index contributed by atoms with van der Waals surface area (Å²) >= 11 is 0. The number of benzene rings is 2. The zero-order chi connectivity index (χ0) is 21.7. The molecule has 0 radical (unpaired) electrons. The minimum atomic E-state index is -0.755. The van der Waals surface area contributed by atoms with Crippen molar-refractivity contribution < 1.29 is 14.3 Å². The van der Waals surface area contributed by atoms with E-state index in [1.165, 1.54) is 5.56 Å². The van der Waals surface area contributed by atoms with Gasteiger partial charge in [-0.2, -0.15) is 0 Å². The van der Waals surface area contributed by atoms with E-state index in [9.17, 15) is 9.59 Å². The quantitative estimate of drug-likeness (QED) is 0.742. The van der Waals surface area contributed by atoms with Gasteiger partial charge >= 0.3 is 6.09 Å². The van der Waals surface area contributed by atoms with Gasteiger partial charge in [0.2, 0.25) is 5.91 Å². The van der Waals surface area contributed by atoms with E-state index in [4.69, 9.17) is 4.74 Å². The summed E-state index contributed by atoms with van der Waals surface area (Å²) in [5, 5.41) is 5.60. The smallest absolute Gasteiger partial charge is 0.408 e. The predicted molar refractivity (Wildman–Crippen MR) is 117 cm³/mol. The van der Waals surface area contributed by atoms with Gasteiger partial charge in [-0.3, -0.25) is 4.79 Å². The zero-order valence-corrected chi connectivity index (χ0v) is 18.2. The number of rotatable bonds is 5. The van der Waals surface area contributed by atoms with Crippen LogP contribution in [0.1, 0.15) is 52.7 Å². The molecule has 0 fully saturated rings. The highest BCUT2D eigenvalue weighted by Crippen LogP contribution is 2.23. The Hall–Kier alpha value is -2.82. The standard InChI is InChI=1S/C24H32N2O3/c1-23(2,3)18-12-14-19(15-13-18)25-21(27)20(16-17-10-8-7-9-11-17)26-22(28)29-24(4,5)6/h7-15,20H,16H2,1-6H3,(H,25,27)(H,26,28)/t20-/m0/s1. The van der Waals surface area contributed by atoms with E-state index in [0.717, 1.165) is 5.56 Å². The second-order valence-corrected chi connectivity index (χ2v) is 9.21. The van der Waals surface area contributed by atoms with Gasteiger partial charge in [-0.25, -0.2) is 4.79 Å². The average molecular weight is 397 g/mol. The van der Waals surface area contributed by atoms with Crippen molar-refractivity contribution in [3.63, 3.8) is 0 Å². The van der Waals surface area contributed by atoms with Gasteiger partial charge in [-0.05, 0) is 49.4 Å². The Kier molecular flexibility index (Phi) is 7.07. The van der Waals surface area contributed by atoms with Crippen LogP contribution >= 0.6 is 0 Å². The molecule has 5 heteroatoms. The van der Waals surface area contributed by atoms with Crippen LogP contribution in [-0.4, -0.2) is 23.6 Å². The Bertz CT molecular complexity index is 816. The monoisotopic (exact) mass is 396 g/mol. The molecule has 0 aliphatic carbocycles. The Morgan fingerprint density at radius 1 is 0.897 bits per heavy atom. The van der Waals surface area contributed by atoms with Crippen molar-refractivity contribution in [1.29, 1.82) is 0 Å². The first-order valence-electron chi connectivity index (χ1n) is 9.89. The lowest BCUT2D eigenvalue weighted by Gasteiger charge is -2.24. The summed E-state index contributed by atoms with van der Waals surface area (Å²) in [5.41, 5.74) is 2.22. The lowest BCUT2D eigenvalue weighted by atomic mass is 9.87. The normalized spacial score (nSPS) is 12.8. The maximum absolute atomic E-state index is 12.9. The first kappa shape index (κ1) is 22.5. The zero-order valence-electron chi connectivity index (χ0n) is 18.2. The van der Waals surface area contributed by atoms with Crippen LogP contribution in [0.3, 0.4) is 0 Å². The predicted octanol–water partition coefficient (Wildman–Crippen LogP) is 5.06. The summed E-state index contributed by atoms with van der Waals surface area (Å²) in [5.74, 6) is -0.289. The topological polar surface area (TPSA) is 67.4 Å². The van der Waals surface area contributed by atoms with Crippen LogP contribution < -0.4 is 10.6 Å². The molecule has 29 heavy (non-hydrogen) atoms. The molecule has 156 valence electrons. The van der Waals surface area contributed by atoms with Crippen LogP contribution in [0.15, 0.2) is 54.6 Å². The lowest BCUT2D eigenvalue weighted by Crippen LogP contribution is -2.47. The van der Waals surface area contributed by atoms with Crippen LogP contribution in [0.2, 0.25) is 0 Å². The largest absolute Gasteiger partial charge is 0.444 e. The fourth-order valence-electron chi connectivity index (χ4n) is 2.79. The van der Waals surface area contributed by atoms with Crippen LogP contribution in [-0.2, 0) is 21.4 Å². The van der Waals surface area contributed by atoms with Gasteiger partial charge in [0.15, 0.2) is 0 Å². The van der Waals surface area contributed by atoms with Crippen LogP contribution in [0.5, 0.6) is 0 Å². The summed E-state index contributed by atoms with van der Waals surface area (Å²) < 4.78 is 5.33. The molecular formula is C24H32N2O3. The van der Waals surface area contributed by atoms with Gasteiger partial charge in [0.05, 0.1) is 0 Å². The van der Waals surface area contributed by atoms with Crippen molar-refractivity contribution in [2.24, 2.45) is 0 Å². The first-order valence-corrected chi connectivity index (χ1v) is 9.89. The highest BCUT2D eigenvalue weighted by molar-refractivity contribution is 5.96. The van der Waals surface area contributed by atoms with Crippen LogP contribution in [0.4, 0.5) is 10.5 Å². The second kappa shape index (κ2) is 9.12. The molecule has 2 amide bonds. The van der Waals surface area contributed by atoms with Gasteiger partial charge < -0.3 is 15.4 Å². The van der Waals surface area contributed by atoms with Crippen molar-refractivity contribution in [3.8, 4) is 0 Å². The molecule has 1 atom stereocenters. The third kappa shape index (κ3) is 7.60. The molecule has 0 aliphatic heterocycles. The van der Waals surface area contributed by atoms with E-state index in [1.807, 2.05) is 54.6 Å². The number of carbonyl (C=O) groups is 2. The fraction of sp³-hybridized carbons (Fsp3) is 0.417. The Morgan fingerprint density at radius 3 is 2.00 bits per heavy atom. The number of amides is 2. The van der Waals surface area contributed by atoms with Gasteiger partial charge in [0, 0.05) is 12.1 Å². The van der Waals surface area contributed by atoms with E-state index < -0.39 is 17.7 Å². The summed E-state index contributed by atoms with van der Waals surface area (Å²) in [6.07, 6.45) is -0.247. The van der Waals surface area contributed by atoms with Gasteiger partial charge in [-0.15, -0.1) is 0 Å². The van der Waals surface area contributed by atoms with Crippen molar-refractivity contribution in [1.82, 2.24) is 5.32 Å². The molecule has 5 nitrogen and oxygen atoms in total. The SMILES string of the molecule is CC(C)(C)OC(=O)N[C@@H](Cc1ccccc1)C(=O)Nc1ccc(C(C)(C)C)cc1. The molecule has 0 saturated heterocycles. The van der Waals surface area contributed by atoms with E-state index in [1.54, 1.807) is 20.8 Å². The number of nitrogens with one attached hydrogen (secondary N) is 2. The third-order valence-electron chi connectivity index (χ3n) is 4.31. The number of anilines is 1. The average Bonchev–Trinajstić information content (AvgIpc) is 2.60. The molecule has 2 aromatic rings. The molecule has 0 spiro atoms. The molecule has 0 heterocycles. The second-order valence-electron chi connectivity index (χ2n) is 9.21. The van der Waals surface area contributed by atoms with Crippen molar-refractivity contribution in [2.45, 2.75) is 65.0 Å². The van der Waals surface area contributed by atoms with Crippen LogP contribution in [0, 0.1) is 0 Å². The number of alkyl carbamates (subject to hydrolysis) is 1. The summed E-state index contributed by atoms with van der Waals surface area (Å²) in [4.78, 5) is 25.2. The molecule has 2 aromatic carbocycles. The number of ether oxygens (including phenoxy) is 1. The molecule has 0 aliphatic rings. The molecule has 0 saturated carbocycles. The number of carbonyl (C=O) groups excluding carboxylic acids is 2. The van der Waals surface area contributed by atoms with E-state index in [0.29, 0.717) is 12.1 Å². The van der Waals surface area contributed by atoms with Crippen molar-refractivity contribution in [2.75, 3.05) is 5.32 Å². The summed E-state index contributed by atoms with van der Waals surface area (Å²) in [6, 6.07) is 16.6. The highest BCUT2D eigenvalue weighted by atomic mass is 16.6. The molecule has 0 aromatic heterocycles. The fourth-order valence-corrected chi connectivity index (χ4v) is 2.79.